The second-order valence-electron chi connectivity index (χ2n) is 5.14. The number of fused-ring (bicyclic) bond motifs is 1. The highest BCUT2D eigenvalue weighted by Crippen LogP contribution is 2.33. The molecule has 3 aromatic heterocycles. The first kappa shape index (κ1) is 11.8. The molecule has 1 aliphatic carbocycles. The van der Waals surface area contributed by atoms with E-state index < -0.39 is 0 Å². The minimum atomic E-state index is 0.304. The molecule has 0 aromatic carbocycles. The normalized spacial score (nSPS) is 18.1. The number of hydrogen-bond donors (Lipinski definition) is 0. The van der Waals surface area contributed by atoms with Crippen LogP contribution in [0.3, 0.4) is 0 Å². The summed E-state index contributed by atoms with van der Waals surface area (Å²) in [5, 5.41) is 16.8. The van der Waals surface area contributed by atoms with Crippen LogP contribution in [0.25, 0.3) is 11.5 Å². The van der Waals surface area contributed by atoms with Gasteiger partial charge in [-0.3, -0.25) is 4.68 Å². The molecule has 4 rings (SSSR count). The first-order valence-corrected chi connectivity index (χ1v) is 7.61. The molecule has 3 aromatic rings. The molecular weight excluding hydrogens is 272 g/mol. The lowest BCUT2D eigenvalue weighted by Crippen LogP contribution is -2.15. The number of aromatic nitrogens is 4. The molecule has 0 fully saturated rings. The Hall–Kier alpha value is -1.95. The van der Waals surface area contributed by atoms with Gasteiger partial charge in [-0.1, -0.05) is 0 Å². The van der Waals surface area contributed by atoms with Crippen molar-refractivity contribution < 1.29 is 4.42 Å². The molecule has 0 bridgehead atoms. The quantitative estimate of drug-likeness (QED) is 0.727. The monoisotopic (exact) mass is 286 g/mol. The fourth-order valence-corrected chi connectivity index (χ4v) is 3.39. The summed E-state index contributed by atoms with van der Waals surface area (Å²) in [5.41, 5.74) is 3.64. The third-order valence-electron chi connectivity index (χ3n) is 3.91. The molecule has 0 radical (unpaired) electrons. The molecule has 6 heteroatoms. The molecule has 0 N–H and O–H groups in total. The molecule has 5 nitrogen and oxygen atoms in total. The first-order chi connectivity index (χ1) is 9.81. The highest BCUT2D eigenvalue weighted by molar-refractivity contribution is 7.08. The van der Waals surface area contributed by atoms with E-state index in [1.165, 1.54) is 11.3 Å². The van der Waals surface area contributed by atoms with Crippen molar-refractivity contribution in [2.75, 3.05) is 0 Å². The largest absolute Gasteiger partial charge is 0.420 e. The van der Waals surface area contributed by atoms with Crippen LogP contribution in [0.2, 0.25) is 0 Å². The Balaban J connectivity index is 1.62. The predicted molar refractivity (Wildman–Crippen MR) is 75.6 cm³/mol. The van der Waals surface area contributed by atoms with Crippen LogP contribution in [0.5, 0.6) is 0 Å². The predicted octanol–water partition coefficient (Wildman–Crippen LogP) is 2.80. The van der Waals surface area contributed by atoms with Gasteiger partial charge < -0.3 is 4.42 Å². The van der Waals surface area contributed by atoms with E-state index in [-0.39, 0.29) is 0 Å². The van der Waals surface area contributed by atoms with Crippen molar-refractivity contribution in [3.8, 4) is 11.5 Å². The lowest BCUT2D eigenvalue weighted by atomic mass is 9.88. The summed E-state index contributed by atoms with van der Waals surface area (Å²) >= 11 is 1.63. The highest BCUT2D eigenvalue weighted by atomic mass is 32.1. The fourth-order valence-electron chi connectivity index (χ4n) is 2.76. The van der Waals surface area contributed by atoms with Gasteiger partial charge in [-0.15, -0.1) is 10.2 Å². The number of hydrogen-bond acceptors (Lipinski definition) is 5. The molecular formula is C14H14N4OS. The second kappa shape index (κ2) is 4.56. The van der Waals surface area contributed by atoms with Crippen molar-refractivity contribution in [2.24, 2.45) is 7.05 Å². The lowest BCUT2D eigenvalue weighted by Gasteiger charge is -2.19. The van der Waals surface area contributed by atoms with Crippen LogP contribution in [-0.4, -0.2) is 20.0 Å². The van der Waals surface area contributed by atoms with Crippen LogP contribution in [-0.2, 0) is 19.9 Å². The van der Waals surface area contributed by atoms with Gasteiger partial charge in [0.2, 0.25) is 11.8 Å². The smallest absolute Gasteiger partial charge is 0.248 e. The summed E-state index contributed by atoms with van der Waals surface area (Å²) in [5.74, 6) is 1.67. The molecule has 0 aliphatic heterocycles. The van der Waals surface area contributed by atoms with Crippen molar-refractivity contribution in [3.63, 3.8) is 0 Å². The molecule has 0 saturated carbocycles. The van der Waals surface area contributed by atoms with E-state index >= 15 is 0 Å². The van der Waals surface area contributed by atoms with Crippen LogP contribution in [0.15, 0.2) is 27.4 Å². The summed E-state index contributed by atoms with van der Waals surface area (Å²) in [4.78, 5) is 0. The van der Waals surface area contributed by atoms with Crippen molar-refractivity contribution in [1.82, 2.24) is 20.0 Å². The third-order valence-corrected chi connectivity index (χ3v) is 4.59. The van der Waals surface area contributed by atoms with Gasteiger partial charge in [-0.25, -0.2) is 0 Å². The summed E-state index contributed by atoms with van der Waals surface area (Å²) in [6.45, 7) is 0. The Morgan fingerprint density at radius 1 is 1.40 bits per heavy atom. The van der Waals surface area contributed by atoms with Crippen LogP contribution < -0.4 is 0 Å². The highest BCUT2D eigenvalue weighted by Gasteiger charge is 2.27. The molecule has 1 unspecified atom stereocenters. The van der Waals surface area contributed by atoms with Gasteiger partial charge in [0.1, 0.15) is 0 Å². The first-order valence-electron chi connectivity index (χ1n) is 6.67. The van der Waals surface area contributed by atoms with Crippen LogP contribution in [0.1, 0.15) is 29.5 Å². The standard InChI is InChI=1S/C14H14N4OS/c1-18-12-6-9(2-3-10(12)7-15-18)13-16-17-14(19-13)11-4-5-20-8-11/h4-5,7-9H,2-3,6H2,1H3. The zero-order valence-corrected chi connectivity index (χ0v) is 11.9. The zero-order chi connectivity index (χ0) is 13.5. The van der Waals surface area contributed by atoms with Gasteiger partial charge in [-0.2, -0.15) is 16.4 Å². The number of nitrogens with zero attached hydrogens (tertiary/aromatic N) is 4. The van der Waals surface area contributed by atoms with E-state index in [0.29, 0.717) is 11.8 Å². The number of thiophene rings is 1. The van der Waals surface area contributed by atoms with Crippen molar-refractivity contribution >= 4 is 11.3 Å². The fraction of sp³-hybridized carbons (Fsp3) is 0.357. The molecule has 1 atom stereocenters. The van der Waals surface area contributed by atoms with Gasteiger partial charge in [0.05, 0.1) is 6.20 Å². The Kier molecular flexibility index (Phi) is 2.70. The lowest BCUT2D eigenvalue weighted by molar-refractivity contribution is 0.418. The zero-order valence-electron chi connectivity index (χ0n) is 11.1. The van der Waals surface area contributed by atoms with Crippen LogP contribution in [0.4, 0.5) is 0 Å². The average molecular weight is 286 g/mol. The Labute approximate surface area is 120 Å². The van der Waals surface area contributed by atoms with Gasteiger partial charge in [-0.05, 0) is 29.9 Å². The molecule has 20 heavy (non-hydrogen) atoms. The summed E-state index contributed by atoms with van der Waals surface area (Å²) < 4.78 is 7.81. The maximum Gasteiger partial charge on any atom is 0.248 e. The maximum absolute atomic E-state index is 5.85. The van der Waals surface area contributed by atoms with Crippen molar-refractivity contribution in [2.45, 2.75) is 25.2 Å². The second-order valence-corrected chi connectivity index (χ2v) is 5.92. The summed E-state index contributed by atoms with van der Waals surface area (Å²) in [7, 11) is 1.99. The van der Waals surface area contributed by atoms with E-state index in [4.69, 9.17) is 4.42 Å². The molecule has 0 amide bonds. The van der Waals surface area contributed by atoms with Crippen molar-refractivity contribution in [3.05, 3.63) is 40.2 Å². The molecule has 102 valence electrons. The molecule has 3 heterocycles. The number of aryl methyl sites for hydroxylation is 2. The molecule has 0 spiro atoms. The average Bonchev–Trinajstić information content (AvgIpc) is 3.18. The Morgan fingerprint density at radius 2 is 2.35 bits per heavy atom. The summed E-state index contributed by atoms with van der Waals surface area (Å²) in [6.07, 6.45) is 4.97. The minimum Gasteiger partial charge on any atom is -0.420 e. The van der Waals surface area contributed by atoms with E-state index in [9.17, 15) is 0 Å². The van der Waals surface area contributed by atoms with E-state index in [0.717, 1.165) is 30.7 Å². The summed E-state index contributed by atoms with van der Waals surface area (Å²) in [6, 6.07) is 2.00. The Morgan fingerprint density at radius 3 is 3.20 bits per heavy atom. The van der Waals surface area contributed by atoms with Gasteiger partial charge in [0.25, 0.3) is 0 Å². The van der Waals surface area contributed by atoms with Crippen molar-refractivity contribution in [1.29, 1.82) is 0 Å². The molecule has 0 saturated heterocycles. The van der Waals surface area contributed by atoms with Crippen LogP contribution in [0, 0.1) is 0 Å². The topological polar surface area (TPSA) is 56.7 Å². The van der Waals surface area contributed by atoms with Gasteiger partial charge in [0, 0.05) is 36.0 Å². The van der Waals surface area contributed by atoms with Crippen LogP contribution >= 0.6 is 11.3 Å². The number of rotatable bonds is 2. The van der Waals surface area contributed by atoms with E-state index in [1.54, 1.807) is 11.3 Å². The molecule has 1 aliphatic rings. The van der Waals surface area contributed by atoms with Gasteiger partial charge >= 0.3 is 0 Å². The van der Waals surface area contributed by atoms with E-state index in [1.807, 2.05) is 34.8 Å². The third kappa shape index (κ3) is 1.87. The van der Waals surface area contributed by atoms with Gasteiger partial charge in [0.15, 0.2) is 0 Å². The maximum atomic E-state index is 5.85. The van der Waals surface area contributed by atoms with E-state index in [2.05, 4.69) is 15.3 Å². The Bertz CT molecular complexity index is 728. The SMILES string of the molecule is Cn1ncc2c1CC(c1nnc(-c3ccsc3)o1)CC2. The minimum absolute atomic E-state index is 0.304.